The minimum atomic E-state index is -3.82. The first-order valence-corrected chi connectivity index (χ1v) is 7.97. The Bertz CT molecular complexity index is 600. The van der Waals surface area contributed by atoms with Gasteiger partial charge in [-0.1, -0.05) is 0 Å². The summed E-state index contributed by atoms with van der Waals surface area (Å²) < 4.78 is 29.7. The molecular formula is C12H19N3O4S. The van der Waals surface area contributed by atoms with Gasteiger partial charge in [0.15, 0.2) is 0 Å². The van der Waals surface area contributed by atoms with Crippen LogP contribution in [0.15, 0.2) is 17.2 Å². The number of nitrogens with zero attached hydrogens (tertiary/aromatic N) is 2. The Morgan fingerprint density at radius 3 is 2.45 bits per heavy atom. The first-order valence-electron chi connectivity index (χ1n) is 6.42. The molecule has 8 heteroatoms. The van der Waals surface area contributed by atoms with Gasteiger partial charge in [-0.3, -0.25) is 4.79 Å². The van der Waals surface area contributed by atoms with Gasteiger partial charge in [0.1, 0.15) is 10.6 Å². The molecule has 0 bridgehead atoms. The number of nitrogens with two attached hydrogens (primary N) is 1. The predicted octanol–water partition coefficient (Wildman–Crippen LogP) is 0.189. The number of sulfonamides is 1. The highest BCUT2D eigenvalue weighted by Crippen LogP contribution is 2.20. The zero-order valence-corrected chi connectivity index (χ0v) is 12.4. The summed E-state index contributed by atoms with van der Waals surface area (Å²) in [6.07, 6.45) is 1.41. The van der Waals surface area contributed by atoms with E-state index in [1.807, 2.05) is 13.8 Å². The van der Waals surface area contributed by atoms with Crippen molar-refractivity contribution in [2.24, 2.45) is 5.14 Å². The van der Waals surface area contributed by atoms with Crippen LogP contribution < -0.4 is 5.14 Å². The predicted molar refractivity (Wildman–Crippen MR) is 72.9 cm³/mol. The van der Waals surface area contributed by atoms with Gasteiger partial charge in [0.25, 0.3) is 5.91 Å². The van der Waals surface area contributed by atoms with Crippen molar-refractivity contribution in [2.75, 3.05) is 26.3 Å². The van der Waals surface area contributed by atoms with E-state index in [2.05, 4.69) is 0 Å². The van der Waals surface area contributed by atoms with Crippen LogP contribution in [0.2, 0.25) is 0 Å². The summed E-state index contributed by atoms with van der Waals surface area (Å²) in [7, 11) is -3.82. The van der Waals surface area contributed by atoms with Crippen molar-refractivity contribution in [1.82, 2.24) is 9.47 Å². The number of hydrogen-bond donors (Lipinski definition) is 1. The molecule has 0 spiro atoms. The first-order chi connectivity index (χ1) is 9.30. The number of hydrogen-bond acceptors (Lipinski definition) is 4. The van der Waals surface area contributed by atoms with Crippen LogP contribution in [-0.4, -0.2) is 50.1 Å². The van der Waals surface area contributed by atoms with Crippen LogP contribution in [0.4, 0.5) is 0 Å². The fourth-order valence-electron chi connectivity index (χ4n) is 2.14. The average molecular weight is 301 g/mol. The van der Waals surface area contributed by atoms with E-state index in [9.17, 15) is 13.2 Å². The van der Waals surface area contributed by atoms with Gasteiger partial charge in [-0.25, -0.2) is 13.6 Å². The average Bonchev–Trinajstić information content (AvgIpc) is 2.84. The molecule has 1 saturated heterocycles. The summed E-state index contributed by atoms with van der Waals surface area (Å²) in [5.74, 6) is -0.197. The molecule has 2 rings (SSSR count). The molecule has 0 aromatic carbocycles. The van der Waals surface area contributed by atoms with E-state index < -0.39 is 10.0 Å². The highest BCUT2D eigenvalue weighted by Gasteiger charge is 2.25. The molecule has 20 heavy (non-hydrogen) atoms. The number of morpholine rings is 1. The molecule has 1 aliphatic rings. The molecule has 7 nitrogen and oxygen atoms in total. The molecule has 112 valence electrons. The number of rotatable bonds is 3. The Hall–Kier alpha value is -1.38. The van der Waals surface area contributed by atoms with E-state index in [0.29, 0.717) is 32.0 Å². The van der Waals surface area contributed by atoms with Crippen molar-refractivity contribution < 1.29 is 17.9 Å². The molecule has 2 N–H and O–H groups in total. The third-order valence-electron chi connectivity index (χ3n) is 3.23. The number of carbonyl (C=O) groups excluding carboxylic acids is 1. The van der Waals surface area contributed by atoms with Gasteiger partial charge in [0, 0.05) is 25.3 Å². The van der Waals surface area contributed by atoms with Gasteiger partial charge in [0.05, 0.1) is 13.2 Å². The second-order valence-electron chi connectivity index (χ2n) is 5.01. The molecular weight excluding hydrogens is 282 g/mol. The maximum atomic E-state index is 12.5. The molecule has 1 aromatic heterocycles. The van der Waals surface area contributed by atoms with Gasteiger partial charge in [-0.2, -0.15) is 0 Å². The van der Waals surface area contributed by atoms with E-state index in [0.717, 1.165) is 0 Å². The van der Waals surface area contributed by atoms with E-state index in [4.69, 9.17) is 9.88 Å². The van der Waals surface area contributed by atoms with Crippen LogP contribution in [0, 0.1) is 0 Å². The summed E-state index contributed by atoms with van der Waals surface area (Å²) in [5, 5.41) is 5.13. The maximum absolute atomic E-state index is 12.5. The van der Waals surface area contributed by atoms with E-state index in [1.165, 1.54) is 12.3 Å². The topological polar surface area (TPSA) is 94.6 Å². The Morgan fingerprint density at radius 2 is 1.95 bits per heavy atom. The number of ether oxygens (including phenoxy) is 1. The summed E-state index contributed by atoms with van der Waals surface area (Å²) in [4.78, 5) is 14.1. The third kappa shape index (κ3) is 3.02. The number of amides is 1. The molecule has 0 saturated carbocycles. The van der Waals surface area contributed by atoms with Gasteiger partial charge >= 0.3 is 0 Å². The molecule has 2 heterocycles. The quantitative estimate of drug-likeness (QED) is 0.862. The monoisotopic (exact) mass is 301 g/mol. The second-order valence-corrected chi connectivity index (χ2v) is 6.57. The molecule has 1 aromatic rings. The van der Waals surface area contributed by atoms with Crippen LogP contribution in [0.1, 0.15) is 30.4 Å². The van der Waals surface area contributed by atoms with Crippen molar-refractivity contribution in [1.29, 1.82) is 0 Å². The minimum Gasteiger partial charge on any atom is -0.378 e. The highest BCUT2D eigenvalue weighted by molar-refractivity contribution is 7.89. The zero-order valence-electron chi connectivity index (χ0n) is 11.6. The lowest BCUT2D eigenvalue weighted by atomic mass is 10.3. The molecule has 0 radical (unpaired) electrons. The van der Waals surface area contributed by atoms with Gasteiger partial charge < -0.3 is 14.2 Å². The lowest BCUT2D eigenvalue weighted by molar-refractivity contribution is 0.0295. The van der Waals surface area contributed by atoms with Crippen LogP contribution in [0.5, 0.6) is 0 Å². The van der Waals surface area contributed by atoms with Gasteiger partial charge in [-0.15, -0.1) is 0 Å². The normalized spacial score (nSPS) is 16.7. The summed E-state index contributed by atoms with van der Waals surface area (Å²) in [5.41, 5.74) is 0.339. The van der Waals surface area contributed by atoms with Gasteiger partial charge in [0.2, 0.25) is 10.0 Å². The third-order valence-corrected chi connectivity index (χ3v) is 4.11. The standard InChI is InChI=1S/C12H19N3O4S/c1-9(2)15-8-10(20(13,17)18)7-11(15)12(16)14-3-5-19-6-4-14/h7-9H,3-6H2,1-2H3,(H2,13,17,18). The smallest absolute Gasteiger partial charge is 0.270 e. The molecule has 0 aliphatic carbocycles. The Balaban J connectivity index is 2.38. The summed E-state index contributed by atoms with van der Waals surface area (Å²) in [6, 6.07) is 1.30. The Kier molecular flexibility index (Phi) is 4.17. The summed E-state index contributed by atoms with van der Waals surface area (Å²) >= 11 is 0. The number of primary sulfonamides is 1. The molecule has 0 unspecified atom stereocenters. The number of carbonyl (C=O) groups is 1. The van der Waals surface area contributed by atoms with Gasteiger partial charge in [-0.05, 0) is 19.9 Å². The van der Waals surface area contributed by atoms with Crippen LogP contribution in [-0.2, 0) is 14.8 Å². The fourth-order valence-corrected chi connectivity index (χ4v) is 2.67. The minimum absolute atomic E-state index is 0.0366. The lowest BCUT2D eigenvalue weighted by Gasteiger charge is -2.27. The Morgan fingerprint density at radius 1 is 1.35 bits per heavy atom. The second kappa shape index (κ2) is 5.55. The highest BCUT2D eigenvalue weighted by atomic mass is 32.2. The molecule has 1 amide bonds. The summed E-state index contributed by atoms with van der Waals surface area (Å²) in [6.45, 7) is 5.76. The SMILES string of the molecule is CC(C)n1cc(S(N)(=O)=O)cc1C(=O)N1CCOCC1. The molecule has 0 atom stereocenters. The molecule has 1 aliphatic heterocycles. The van der Waals surface area contributed by atoms with Crippen LogP contribution in [0.3, 0.4) is 0 Å². The maximum Gasteiger partial charge on any atom is 0.270 e. The van der Waals surface area contributed by atoms with Crippen molar-refractivity contribution in [3.8, 4) is 0 Å². The van der Waals surface area contributed by atoms with E-state index in [-0.39, 0.29) is 16.8 Å². The van der Waals surface area contributed by atoms with Crippen LogP contribution in [0.25, 0.3) is 0 Å². The van der Waals surface area contributed by atoms with Crippen molar-refractivity contribution in [3.63, 3.8) is 0 Å². The first kappa shape index (κ1) is 15.0. The fraction of sp³-hybridized carbons (Fsp3) is 0.583. The zero-order chi connectivity index (χ0) is 14.9. The van der Waals surface area contributed by atoms with Crippen molar-refractivity contribution in [3.05, 3.63) is 18.0 Å². The van der Waals surface area contributed by atoms with E-state index in [1.54, 1.807) is 9.47 Å². The van der Waals surface area contributed by atoms with Crippen LogP contribution >= 0.6 is 0 Å². The Labute approximate surface area is 118 Å². The molecule has 1 fully saturated rings. The largest absolute Gasteiger partial charge is 0.378 e. The van der Waals surface area contributed by atoms with E-state index >= 15 is 0 Å². The lowest BCUT2D eigenvalue weighted by Crippen LogP contribution is -2.41. The van der Waals surface area contributed by atoms with Crippen molar-refractivity contribution >= 4 is 15.9 Å². The number of aromatic nitrogens is 1. The van der Waals surface area contributed by atoms with Crippen molar-refractivity contribution in [2.45, 2.75) is 24.8 Å².